The lowest BCUT2D eigenvalue weighted by molar-refractivity contribution is -0.0155. The van der Waals surface area contributed by atoms with Crippen molar-refractivity contribution < 1.29 is 5.11 Å². The number of hydrogen-bond acceptors (Lipinski definition) is 3. The lowest BCUT2D eigenvalue weighted by Crippen LogP contribution is -2.34. The third-order valence-corrected chi connectivity index (χ3v) is 5.11. The summed E-state index contributed by atoms with van der Waals surface area (Å²) < 4.78 is 1.95. The van der Waals surface area contributed by atoms with Gasteiger partial charge in [0.2, 0.25) is 0 Å². The van der Waals surface area contributed by atoms with E-state index in [1.807, 2.05) is 29.0 Å². The minimum Gasteiger partial charge on any atom is -0.382 e. The molecule has 0 amide bonds. The van der Waals surface area contributed by atoms with Gasteiger partial charge in [-0.15, -0.1) is 11.3 Å². The second-order valence-corrected chi connectivity index (χ2v) is 8.48. The van der Waals surface area contributed by atoms with Crippen molar-refractivity contribution in [2.24, 2.45) is 5.41 Å². The van der Waals surface area contributed by atoms with E-state index in [-0.39, 0.29) is 5.41 Å². The molecule has 1 unspecified atom stereocenters. The molecule has 3 aromatic rings. The molecular weight excluding hydrogens is 316 g/mol. The highest BCUT2D eigenvalue weighted by atomic mass is 32.1. The predicted octanol–water partition coefficient (Wildman–Crippen LogP) is 4.94. The molecule has 0 aliphatic carbocycles. The first kappa shape index (κ1) is 16.9. The van der Waals surface area contributed by atoms with Crippen molar-refractivity contribution in [1.82, 2.24) is 9.55 Å². The maximum absolute atomic E-state index is 11.5. The summed E-state index contributed by atoms with van der Waals surface area (Å²) in [5, 5.41) is 13.6. The van der Waals surface area contributed by atoms with Crippen LogP contribution in [0.25, 0.3) is 11.1 Å². The highest BCUT2D eigenvalue weighted by Gasteiger charge is 2.36. The van der Waals surface area contributed by atoms with Gasteiger partial charge in [-0.2, -0.15) is 0 Å². The van der Waals surface area contributed by atoms with Crippen LogP contribution in [0.4, 0.5) is 0 Å². The van der Waals surface area contributed by atoms with Crippen LogP contribution in [0.3, 0.4) is 0 Å². The Morgan fingerprint density at radius 1 is 1.12 bits per heavy atom. The molecule has 126 valence electrons. The number of aromatic nitrogens is 2. The second-order valence-electron chi connectivity index (χ2n) is 7.57. The summed E-state index contributed by atoms with van der Waals surface area (Å²) in [6, 6.07) is 12.4. The molecule has 0 aliphatic rings. The number of rotatable bonds is 5. The third kappa shape index (κ3) is 3.94. The topological polar surface area (TPSA) is 38.0 Å². The van der Waals surface area contributed by atoms with Gasteiger partial charge in [0.25, 0.3) is 0 Å². The molecule has 0 fully saturated rings. The van der Waals surface area contributed by atoms with Crippen molar-refractivity contribution in [3.05, 3.63) is 65.4 Å². The van der Waals surface area contributed by atoms with Gasteiger partial charge in [0, 0.05) is 17.3 Å². The molecular formula is C20H24N2OS. The Bertz CT molecular complexity index is 772. The van der Waals surface area contributed by atoms with Crippen molar-refractivity contribution in [3.63, 3.8) is 0 Å². The normalized spacial score (nSPS) is 14.5. The molecule has 3 rings (SSSR count). The van der Waals surface area contributed by atoms with Crippen LogP contribution in [0, 0.1) is 5.41 Å². The van der Waals surface area contributed by atoms with E-state index in [1.54, 1.807) is 23.9 Å². The minimum absolute atomic E-state index is 0.0201. The first-order valence-corrected chi connectivity index (χ1v) is 9.06. The number of aliphatic hydroxyl groups is 1. The Morgan fingerprint density at radius 2 is 1.88 bits per heavy atom. The van der Waals surface area contributed by atoms with E-state index >= 15 is 0 Å². The first-order chi connectivity index (χ1) is 11.4. The van der Waals surface area contributed by atoms with Crippen molar-refractivity contribution in [3.8, 4) is 11.1 Å². The monoisotopic (exact) mass is 340 g/mol. The number of hydrogen-bond donors (Lipinski definition) is 1. The number of nitrogens with zero attached hydrogens (tertiary/aromatic N) is 2. The van der Waals surface area contributed by atoms with E-state index in [1.165, 1.54) is 5.56 Å². The average Bonchev–Trinajstić information content (AvgIpc) is 3.17. The summed E-state index contributed by atoms with van der Waals surface area (Å²) in [6.07, 6.45) is 6.10. The van der Waals surface area contributed by atoms with Gasteiger partial charge in [0.15, 0.2) is 0 Å². The van der Waals surface area contributed by atoms with Crippen molar-refractivity contribution in [2.75, 3.05) is 0 Å². The molecule has 1 atom stereocenters. The summed E-state index contributed by atoms with van der Waals surface area (Å²) in [5.41, 5.74) is 1.46. The van der Waals surface area contributed by atoms with Crippen LogP contribution in [-0.4, -0.2) is 14.7 Å². The van der Waals surface area contributed by atoms with Gasteiger partial charge in [-0.3, -0.25) is 0 Å². The molecule has 3 nitrogen and oxygen atoms in total. The molecule has 0 bridgehead atoms. The van der Waals surface area contributed by atoms with Crippen LogP contribution in [0.15, 0.2) is 60.5 Å². The van der Waals surface area contributed by atoms with Crippen molar-refractivity contribution in [2.45, 2.75) is 39.3 Å². The van der Waals surface area contributed by atoms with Gasteiger partial charge >= 0.3 is 0 Å². The molecule has 1 aromatic carbocycles. The molecule has 4 heteroatoms. The Balaban J connectivity index is 1.95. The van der Waals surface area contributed by atoms with E-state index < -0.39 is 5.60 Å². The summed E-state index contributed by atoms with van der Waals surface area (Å²) in [7, 11) is 0. The zero-order valence-corrected chi connectivity index (χ0v) is 15.3. The number of benzene rings is 1. The first-order valence-electron chi connectivity index (χ1n) is 8.18. The standard InChI is InChI=1S/C20H24N2OS/c1-19(2,3)13-20(23,14-22-10-9-21-15-22)18-11-17(12-24-18)16-7-5-4-6-8-16/h4-12,15,23H,13-14H2,1-3H3. The summed E-state index contributed by atoms with van der Waals surface area (Å²) in [5.74, 6) is 0. The second kappa shape index (κ2) is 6.54. The predicted molar refractivity (Wildman–Crippen MR) is 100.0 cm³/mol. The molecule has 24 heavy (non-hydrogen) atoms. The lowest BCUT2D eigenvalue weighted by Gasteiger charge is -2.34. The molecule has 0 saturated carbocycles. The highest BCUT2D eigenvalue weighted by molar-refractivity contribution is 7.10. The van der Waals surface area contributed by atoms with Crippen LogP contribution < -0.4 is 0 Å². The average molecular weight is 340 g/mol. The summed E-state index contributed by atoms with van der Waals surface area (Å²) in [4.78, 5) is 5.11. The van der Waals surface area contributed by atoms with Crippen LogP contribution in [0.5, 0.6) is 0 Å². The Kier molecular flexibility index (Phi) is 4.61. The van der Waals surface area contributed by atoms with Gasteiger partial charge in [0.1, 0.15) is 5.60 Å². The summed E-state index contributed by atoms with van der Waals surface area (Å²) in [6.45, 7) is 7.01. The SMILES string of the molecule is CC(C)(C)CC(O)(Cn1ccnc1)c1cc(-c2ccccc2)cs1. The van der Waals surface area contributed by atoms with Crippen LogP contribution >= 0.6 is 11.3 Å². The Morgan fingerprint density at radius 3 is 2.50 bits per heavy atom. The van der Waals surface area contributed by atoms with Crippen LogP contribution in [-0.2, 0) is 12.1 Å². The molecule has 0 spiro atoms. The molecule has 0 saturated heterocycles. The van der Waals surface area contributed by atoms with Crippen LogP contribution in [0.1, 0.15) is 32.1 Å². The Labute approximate surface area is 147 Å². The highest BCUT2D eigenvalue weighted by Crippen LogP contribution is 2.40. The number of imidazole rings is 1. The Hall–Kier alpha value is -1.91. The molecule has 0 radical (unpaired) electrons. The van der Waals surface area contributed by atoms with Gasteiger partial charge < -0.3 is 9.67 Å². The largest absolute Gasteiger partial charge is 0.382 e. The van der Waals surface area contributed by atoms with Gasteiger partial charge in [-0.1, -0.05) is 51.1 Å². The maximum atomic E-state index is 11.5. The molecule has 2 aromatic heterocycles. The smallest absolute Gasteiger partial charge is 0.117 e. The minimum atomic E-state index is -0.906. The van der Waals surface area contributed by atoms with Gasteiger partial charge in [0.05, 0.1) is 12.9 Å². The quantitative estimate of drug-likeness (QED) is 0.715. The summed E-state index contributed by atoms with van der Waals surface area (Å²) >= 11 is 1.63. The maximum Gasteiger partial charge on any atom is 0.117 e. The van der Waals surface area contributed by atoms with Crippen LogP contribution in [0.2, 0.25) is 0 Å². The molecule has 2 heterocycles. The van der Waals surface area contributed by atoms with Crippen molar-refractivity contribution >= 4 is 11.3 Å². The molecule has 1 N–H and O–H groups in total. The third-order valence-electron chi connectivity index (χ3n) is 3.99. The fraction of sp³-hybridized carbons (Fsp3) is 0.350. The van der Waals surface area contributed by atoms with Gasteiger partial charge in [-0.25, -0.2) is 4.98 Å². The zero-order valence-electron chi connectivity index (χ0n) is 14.4. The van der Waals surface area contributed by atoms with E-state index in [2.05, 4.69) is 49.3 Å². The van der Waals surface area contributed by atoms with E-state index in [0.717, 1.165) is 10.4 Å². The van der Waals surface area contributed by atoms with E-state index in [9.17, 15) is 5.11 Å². The fourth-order valence-corrected chi connectivity index (χ4v) is 4.15. The zero-order chi connectivity index (χ0) is 17.2. The fourth-order valence-electron chi connectivity index (χ4n) is 3.14. The van der Waals surface area contributed by atoms with E-state index in [0.29, 0.717) is 13.0 Å². The number of thiophene rings is 1. The van der Waals surface area contributed by atoms with Gasteiger partial charge in [-0.05, 0) is 34.4 Å². The molecule has 0 aliphatic heterocycles. The van der Waals surface area contributed by atoms with Crippen molar-refractivity contribution in [1.29, 1.82) is 0 Å². The lowest BCUT2D eigenvalue weighted by atomic mass is 9.80. The van der Waals surface area contributed by atoms with E-state index in [4.69, 9.17) is 0 Å².